The zero-order chi connectivity index (χ0) is 17.2. The first kappa shape index (κ1) is 22.2. The number of nitrogens with one attached hydrogen (secondary N) is 2. The first-order valence-electron chi connectivity index (χ1n) is 7.94. The number of aliphatic imine (C=N–C) groups is 1. The van der Waals surface area contributed by atoms with E-state index in [9.17, 15) is 0 Å². The first-order valence-corrected chi connectivity index (χ1v) is 9.61. The Hall–Kier alpha value is -0.800. The number of nitrogens with zero attached hydrogens (tertiary/aromatic N) is 2. The number of aromatic nitrogens is 1. The van der Waals surface area contributed by atoms with Crippen molar-refractivity contribution in [2.45, 2.75) is 23.5 Å². The number of hydrogen-bond donors (Lipinski definition) is 2. The van der Waals surface area contributed by atoms with Crippen LogP contribution >= 0.6 is 51.7 Å². The lowest BCUT2D eigenvalue weighted by Gasteiger charge is -2.16. The number of thioether (sulfide) groups is 1. The Morgan fingerprint density at radius 3 is 2.60 bits per heavy atom. The van der Waals surface area contributed by atoms with Crippen LogP contribution in [0.25, 0.3) is 0 Å². The SMILES string of the molecule is CN=C(NCCc1ccccn1)NCC(C)Sc1ccc(Br)cc1.I. The molecule has 1 atom stereocenters. The molecule has 0 spiro atoms. The third-order valence-electron chi connectivity index (χ3n) is 3.33. The maximum absolute atomic E-state index is 4.32. The molecule has 0 aliphatic rings. The predicted octanol–water partition coefficient (Wildman–Crippen LogP) is 4.35. The summed E-state index contributed by atoms with van der Waals surface area (Å²) in [6.45, 7) is 3.87. The van der Waals surface area contributed by atoms with Crippen LogP contribution in [0.1, 0.15) is 12.6 Å². The summed E-state index contributed by atoms with van der Waals surface area (Å²) in [5.41, 5.74) is 1.08. The summed E-state index contributed by atoms with van der Waals surface area (Å²) >= 11 is 5.31. The van der Waals surface area contributed by atoms with Gasteiger partial charge in [-0.05, 0) is 36.4 Å². The summed E-state index contributed by atoms with van der Waals surface area (Å²) in [5.74, 6) is 0.828. The molecule has 1 heterocycles. The summed E-state index contributed by atoms with van der Waals surface area (Å²) in [4.78, 5) is 9.86. The molecule has 0 aliphatic heterocycles. The van der Waals surface area contributed by atoms with Gasteiger partial charge < -0.3 is 10.6 Å². The summed E-state index contributed by atoms with van der Waals surface area (Å²) in [7, 11) is 1.79. The Balaban J connectivity index is 0.00000312. The van der Waals surface area contributed by atoms with E-state index in [0.717, 1.165) is 35.6 Å². The number of halogens is 2. The Kier molecular flexibility index (Phi) is 11.2. The molecule has 0 bridgehead atoms. The molecule has 0 amide bonds. The highest BCUT2D eigenvalue weighted by molar-refractivity contribution is 14.0. The molecule has 0 aliphatic carbocycles. The van der Waals surface area contributed by atoms with E-state index in [1.165, 1.54) is 4.90 Å². The fourth-order valence-corrected chi connectivity index (χ4v) is 3.29. The number of benzene rings is 1. The Morgan fingerprint density at radius 2 is 1.96 bits per heavy atom. The Bertz CT molecular complexity index is 637. The monoisotopic (exact) mass is 534 g/mol. The molecule has 1 aromatic heterocycles. The van der Waals surface area contributed by atoms with E-state index in [0.29, 0.717) is 5.25 Å². The largest absolute Gasteiger partial charge is 0.356 e. The van der Waals surface area contributed by atoms with Crippen molar-refractivity contribution >= 4 is 57.6 Å². The van der Waals surface area contributed by atoms with Gasteiger partial charge in [-0.2, -0.15) is 0 Å². The molecule has 2 aromatic rings. The van der Waals surface area contributed by atoms with Crippen LogP contribution in [0.3, 0.4) is 0 Å². The van der Waals surface area contributed by atoms with Crippen LogP contribution in [-0.2, 0) is 6.42 Å². The van der Waals surface area contributed by atoms with E-state index in [2.05, 4.69) is 67.7 Å². The quantitative estimate of drug-likeness (QED) is 0.240. The highest BCUT2D eigenvalue weighted by atomic mass is 127. The van der Waals surface area contributed by atoms with E-state index in [-0.39, 0.29) is 24.0 Å². The molecule has 0 saturated carbocycles. The predicted molar refractivity (Wildman–Crippen MR) is 122 cm³/mol. The molecule has 2 N–H and O–H groups in total. The molecule has 136 valence electrons. The maximum Gasteiger partial charge on any atom is 0.191 e. The molecular weight excluding hydrogens is 511 g/mol. The average molecular weight is 535 g/mol. The minimum Gasteiger partial charge on any atom is -0.356 e. The normalized spacial score (nSPS) is 12.2. The van der Waals surface area contributed by atoms with Gasteiger partial charge in [-0.15, -0.1) is 35.7 Å². The zero-order valence-corrected chi connectivity index (χ0v) is 19.1. The van der Waals surface area contributed by atoms with Crippen molar-refractivity contribution in [2.75, 3.05) is 20.1 Å². The Labute approximate surface area is 179 Å². The number of guanidine groups is 1. The van der Waals surface area contributed by atoms with Crippen LogP contribution in [0.4, 0.5) is 0 Å². The van der Waals surface area contributed by atoms with E-state index < -0.39 is 0 Å². The third-order valence-corrected chi connectivity index (χ3v) is 4.97. The maximum atomic E-state index is 4.32. The second kappa shape index (κ2) is 12.5. The topological polar surface area (TPSA) is 49.3 Å². The van der Waals surface area contributed by atoms with Gasteiger partial charge in [0.15, 0.2) is 5.96 Å². The van der Waals surface area contributed by atoms with E-state index in [1.54, 1.807) is 7.05 Å². The summed E-state index contributed by atoms with van der Waals surface area (Å²) in [5, 5.41) is 7.15. The molecule has 0 radical (unpaired) electrons. The van der Waals surface area contributed by atoms with Crippen LogP contribution in [0.15, 0.2) is 63.0 Å². The molecule has 25 heavy (non-hydrogen) atoms. The minimum atomic E-state index is 0. The summed E-state index contributed by atoms with van der Waals surface area (Å²) < 4.78 is 1.11. The van der Waals surface area contributed by atoms with Gasteiger partial charge in [0, 0.05) is 53.1 Å². The van der Waals surface area contributed by atoms with Crippen molar-refractivity contribution in [3.8, 4) is 0 Å². The van der Waals surface area contributed by atoms with Crippen LogP contribution in [0.2, 0.25) is 0 Å². The zero-order valence-electron chi connectivity index (χ0n) is 14.4. The van der Waals surface area contributed by atoms with Gasteiger partial charge in [0.1, 0.15) is 0 Å². The van der Waals surface area contributed by atoms with Gasteiger partial charge in [0.25, 0.3) is 0 Å². The molecule has 1 aromatic carbocycles. The Morgan fingerprint density at radius 1 is 1.20 bits per heavy atom. The molecule has 7 heteroatoms. The second-order valence-electron chi connectivity index (χ2n) is 5.33. The second-order valence-corrected chi connectivity index (χ2v) is 7.76. The molecule has 2 rings (SSSR count). The minimum absolute atomic E-state index is 0. The summed E-state index contributed by atoms with van der Waals surface area (Å²) in [6.07, 6.45) is 2.70. The van der Waals surface area contributed by atoms with Gasteiger partial charge in [-0.25, -0.2) is 0 Å². The highest BCUT2D eigenvalue weighted by Gasteiger charge is 2.06. The van der Waals surface area contributed by atoms with Gasteiger partial charge in [-0.1, -0.05) is 28.9 Å². The number of rotatable bonds is 7. The van der Waals surface area contributed by atoms with E-state index in [4.69, 9.17) is 0 Å². The molecular formula is C18H24BrIN4S. The van der Waals surface area contributed by atoms with E-state index in [1.807, 2.05) is 36.2 Å². The van der Waals surface area contributed by atoms with Gasteiger partial charge in [0.05, 0.1) is 0 Å². The first-order chi connectivity index (χ1) is 11.7. The molecule has 0 fully saturated rings. The molecule has 4 nitrogen and oxygen atoms in total. The fourth-order valence-electron chi connectivity index (χ4n) is 2.10. The lowest BCUT2D eigenvalue weighted by Crippen LogP contribution is -2.40. The third kappa shape index (κ3) is 8.91. The van der Waals surface area contributed by atoms with E-state index >= 15 is 0 Å². The lowest BCUT2D eigenvalue weighted by molar-refractivity contribution is 0.773. The fraction of sp³-hybridized carbons (Fsp3) is 0.333. The summed E-state index contributed by atoms with van der Waals surface area (Å²) in [6, 6.07) is 14.4. The number of pyridine rings is 1. The van der Waals surface area contributed by atoms with Crippen molar-refractivity contribution in [1.29, 1.82) is 0 Å². The van der Waals surface area contributed by atoms with Crippen LogP contribution in [0.5, 0.6) is 0 Å². The van der Waals surface area contributed by atoms with Crippen molar-refractivity contribution in [2.24, 2.45) is 4.99 Å². The average Bonchev–Trinajstić information content (AvgIpc) is 2.61. The van der Waals surface area contributed by atoms with Crippen molar-refractivity contribution in [1.82, 2.24) is 15.6 Å². The van der Waals surface area contributed by atoms with Gasteiger partial charge in [0.2, 0.25) is 0 Å². The van der Waals surface area contributed by atoms with Crippen LogP contribution in [0, 0.1) is 0 Å². The highest BCUT2D eigenvalue weighted by Crippen LogP contribution is 2.24. The smallest absolute Gasteiger partial charge is 0.191 e. The molecule has 1 unspecified atom stereocenters. The van der Waals surface area contributed by atoms with Crippen molar-refractivity contribution < 1.29 is 0 Å². The van der Waals surface area contributed by atoms with Gasteiger partial charge in [-0.3, -0.25) is 9.98 Å². The van der Waals surface area contributed by atoms with Crippen LogP contribution in [-0.4, -0.2) is 36.3 Å². The lowest BCUT2D eigenvalue weighted by atomic mass is 10.3. The standard InChI is InChI=1S/C18H23BrN4S.HI/c1-14(24-17-8-6-15(19)7-9-17)13-23-18(20-2)22-12-10-16-5-3-4-11-21-16;/h3-9,11,14H,10,12-13H2,1-2H3,(H2,20,22,23);1H. The number of hydrogen-bond acceptors (Lipinski definition) is 3. The van der Waals surface area contributed by atoms with Crippen LogP contribution < -0.4 is 10.6 Å². The van der Waals surface area contributed by atoms with Gasteiger partial charge >= 0.3 is 0 Å². The van der Waals surface area contributed by atoms with Crippen molar-refractivity contribution in [3.05, 3.63) is 58.8 Å². The molecule has 0 saturated heterocycles. The van der Waals surface area contributed by atoms with Crippen molar-refractivity contribution in [3.63, 3.8) is 0 Å².